The van der Waals surface area contributed by atoms with E-state index in [0.29, 0.717) is 11.4 Å². The number of hydrogen-bond donors (Lipinski definition) is 1. The number of aromatic nitrogens is 4. The molecule has 0 unspecified atom stereocenters. The van der Waals surface area contributed by atoms with Gasteiger partial charge in [0.1, 0.15) is 16.2 Å². The van der Waals surface area contributed by atoms with Gasteiger partial charge in [-0.25, -0.2) is 14.6 Å². The van der Waals surface area contributed by atoms with Crippen molar-refractivity contribution in [1.29, 1.82) is 0 Å². The van der Waals surface area contributed by atoms with Crippen LogP contribution in [0.5, 0.6) is 0 Å². The summed E-state index contributed by atoms with van der Waals surface area (Å²) >= 11 is 6.36. The normalized spacial score (nSPS) is 10.8. The lowest BCUT2D eigenvalue weighted by Gasteiger charge is -2.01. The molecule has 1 amide bonds. The summed E-state index contributed by atoms with van der Waals surface area (Å²) in [5, 5.41) is 9.83. The predicted molar refractivity (Wildman–Crippen MR) is 107 cm³/mol. The number of carbonyl (C=O) groups excluding carboxylic acids is 1. The van der Waals surface area contributed by atoms with Crippen LogP contribution < -0.4 is 5.32 Å². The van der Waals surface area contributed by atoms with Crippen molar-refractivity contribution in [3.63, 3.8) is 0 Å². The monoisotopic (exact) mass is 445 g/mol. The van der Waals surface area contributed by atoms with E-state index in [9.17, 15) is 4.79 Å². The molecule has 1 aromatic carbocycles. The second kappa shape index (κ2) is 7.48. The molecule has 0 aliphatic carbocycles. The highest BCUT2D eigenvalue weighted by atomic mass is 79.9. The topological polar surface area (TPSA) is 72.7 Å². The van der Waals surface area contributed by atoms with E-state index < -0.39 is 0 Å². The number of halogens is 1. The van der Waals surface area contributed by atoms with Crippen LogP contribution in [0.1, 0.15) is 15.2 Å². The van der Waals surface area contributed by atoms with Crippen molar-refractivity contribution < 1.29 is 4.79 Å². The maximum atomic E-state index is 12.4. The minimum Gasteiger partial charge on any atom is -0.288 e. The molecule has 0 aliphatic rings. The maximum absolute atomic E-state index is 12.4. The zero-order valence-electron chi connectivity index (χ0n) is 13.3. The van der Waals surface area contributed by atoms with Crippen LogP contribution in [0.4, 0.5) is 5.95 Å². The van der Waals surface area contributed by atoms with Gasteiger partial charge in [0.2, 0.25) is 5.95 Å². The Balaban J connectivity index is 1.42. The molecule has 3 aromatic heterocycles. The van der Waals surface area contributed by atoms with Gasteiger partial charge >= 0.3 is 0 Å². The highest BCUT2D eigenvalue weighted by molar-refractivity contribution is 9.10. The lowest BCUT2D eigenvalue weighted by atomic mass is 10.2. The van der Waals surface area contributed by atoms with Crippen molar-refractivity contribution in [3.05, 3.63) is 69.2 Å². The molecule has 0 spiro atoms. The molecule has 0 fully saturated rings. The first-order valence-electron chi connectivity index (χ1n) is 7.62. The fourth-order valence-corrected chi connectivity index (χ4v) is 4.14. The van der Waals surface area contributed by atoms with Crippen LogP contribution in [-0.4, -0.2) is 25.7 Å². The molecule has 6 nitrogen and oxygen atoms in total. The molecule has 1 N–H and O–H groups in total. The molecule has 0 aliphatic heterocycles. The molecule has 0 saturated carbocycles. The fraction of sp³-hybridized carbons (Fsp3) is 0.0588. The van der Waals surface area contributed by atoms with E-state index in [1.807, 2.05) is 41.8 Å². The first kappa shape index (κ1) is 17.1. The second-order valence-corrected chi connectivity index (χ2v) is 8.25. The van der Waals surface area contributed by atoms with Gasteiger partial charge in [-0.3, -0.25) is 10.1 Å². The van der Waals surface area contributed by atoms with Crippen molar-refractivity contribution >= 4 is 50.5 Å². The molecule has 26 heavy (non-hydrogen) atoms. The van der Waals surface area contributed by atoms with Gasteiger partial charge in [0.05, 0.1) is 17.6 Å². The summed E-state index contributed by atoms with van der Waals surface area (Å²) in [7, 11) is 0. The Hall–Kier alpha value is -2.36. The van der Waals surface area contributed by atoms with Crippen molar-refractivity contribution in [2.75, 3.05) is 5.32 Å². The number of carbonyl (C=O) groups is 1. The molecular weight excluding hydrogens is 434 g/mol. The van der Waals surface area contributed by atoms with Gasteiger partial charge in [0, 0.05) is 4.47 Å². The van der Waals surface area contributed by atoms with Crippen molar-refractivity contribution in [2.45, 2.75) is 6.54 Å². The van der Waals surface area contributed by atoms with Gasteiger partial charge in [-0.15, -0.1) is 27.8 Å². The fourth-order valence-electron chi connectivity index (χ4n) is 2.26. The molecule has 4 rings (SSSR count). The number of anilines is 1. The van der Waals surface area contributed by atoms with E-state index >= 15 is 0 Å². The molecule has 4 aromatic rings. The van der Waals surface area contributed by atoms with E-state index in [0.717, 1.165) is 19.9 Å². The van der Waals surface area contributed by atoms with Gasteiger partial charge in [-0.1, -0.05) is 34.1 Å². The van der Waals surface area contributed by atoms with Crippen LogP contribution in [-0.2, 0) is 6.54 Å². The number of thiophene rings is 1. The molecule has 0 saturated heterocycles. The number of benzene rings is 1. The summed E-state index contributed by atoms with van der Waals surface area (Å²) in [4.78, 5) is 22.4. The summed E-state index contributed by atoms with van der Waals surface area (Å²) < 4.78 is 2.71. The Morgan fingerprint density at radius 1 is 1.19 bits per heavy atom. The van der Waals surface area contributed by atoms with E-state index in [2.05, 4.69) is 36.3 Å². The van der Waals surface area contributed by atoms with Crippen molar-refractivity contribution in [1.82, 2.24) is 19.7 Å². The predicted octanol–water partition coefficient (Wildman–Crippen LogP) is 4.53. The quantitative estimate of drug-likeness (QED) is 0.489. The molecule has 3 heterocycles. The molecule has 9 heteroatoms. The Morgan fingerprint density at radius 3 is 2.81 bits per heavy atom. The zero-order valence-corrected chi connectivity index (χ0v) is 16.5. The van der Waals surface area contributed by atoms with Gasteiger partial charge in [-0.2, -0.15) is 0 Å². The van der Waals surface area contributed by atoms with E-state index in [1.165, 1.54) is 11.3 Å². The third kappa shape index (κ3) is 3.90. The molecule has 0 atom stereocenters. The molecular formula is C17H12BrN5OS2. The number of thiazole rings is 1. The second-order valence-electron chi connectivity index (χ2n) is 5.35. The smallest absolute Gasteiger partial charge is 0.269 e. The summed E-state index contributed by atoms with van der Waals surface area (Å²) in [5.41, 5.74) is 1.10. The van der Waals surface area contributed by atoms with E-state index in [-0.39, 0.29) is 11.9 Å². The highest BCUT2D eigenvalue weighted by Gasteiger charge is 2.14. The Morgan fingerprint density at radius 2 is 2.04 bits per heavy atom. The minimum atomic E-state index is -0.258. The van der Waals surface area contributed by atoms with Crippen molar-refractivity contribution in [3.8, 4) is 9.88 Å². The number of nitrogens with one attached hydrogen (secondary N) is 1. The SMILES string of the molecule is O=C(Nc1ncn(Cc2ccc(Br)cc2)n1)c1cnc(-c2cccs2)s1. The standard InChI is InChI=1S/C17H12BrN5OS2/c18-12-5-3-11(4-6-12)9-23-10-20-17(22-23)21-15(24)14-8-19-16(26-14)13-2-1-7-25-13/h1-8,10H,9H2,(H,21,22,24). The third-order valence-corrected chi connectivity index (χ3v) is 6.04. The van der Waals surface area contributed by atoms with Gasteiger partial charge in [0.15, 0.2) is 0 Å². The maximum Gasteiger partial charge on any atom is 0.269 e. The lowest BCUT2D eigenvalue weighted by Crippen LogP contribution is -2.12. The van der Waals surface area contributed by atoms with Crippen LogP contribution in [0, 0.1) is 0 Å². The van der Waals surface area contributed by atoms with Crippen LogP contribution in [0.3, 0.4) is 0 Å². The summed E-state index contributed by atoms with van der Waals surface area (Å²) in [6.45, 7) is 0.583. The minimum absolute atomic E-state index is 0.258. The lowest BCUT2D eigenvalue weighted by molar-refractivity contribution is 0.102. The Kier molecular flexibility index (Phi) is 4.91. The summed E-state index contributed by atoms with van der Waals surface area (Å²) in [5.74, 6) is 0.0184. The Labute approximate surface area is 165 Å². The van der Waals surface area contributed by atoms with Gasteiger partial charge in [0.25, 0.3) is 5.91 Å². The van der Waals surface area contributed by atoms with Crippen LogP contribution in [0.15, 0.2) is 58.8 Å². The summed E-state index contributed by atoms with van der Waals surface area (Å²) in [6, 6.07) is 11.9. The van der Waals surface area contributed by atoms with Gasteiger partial charge < -0.3 is 0 Å². The van der Waals surface area contributed by atoms with Gasteiger partial charge in [-0.05, 0) is 29.1 Å². The third-order valence-electron chi connectivity index (χ3n) is 3.48. The number of nitrogens with zero attached hydrogens (tertiary/aromatic N) is 4. The van der Waals surface area contributed by atoms with E-state index in [1.54, 1.807) is 28.5 Å². The number of amides is 1. The van der Waals surface area contributed by atoms with Crippen LogP contribution in [0.2, 0.25) is 0 Å². The number of hydrogen-bond acceptors (Lipinski definition) is 6. The number of rotatable bonds is 5. The molecule has 0 bridgehead atoms. The summed E-state index contributed by atoms with van der Waals surface area (Å²) in [6.07, 6.45) is 3.18. The van der Waals surface area contributed by atoms with Crippen LogP contribution >= 0.6 is 38.6 Å². The molecule has 0 radical (unpaired) electrons. The average molecular weight is 446 g/mol. The van der Waals surface area contributed by atoms with Crippen LogP contribution in [0.25, 0.3) is 9.88 Å². The van der Waals surface area contributed by atoms with E-state index in [4.69, 9.17) is 0 Å². The first-order chi connectivity index (χ1) is 12.7. The first-order valence-corrected chi connectivity index (χ1v) is 10.1. The Bertz CT molecular complexity index is 1020. The zero-order chi connectivity index (χ0) is 17.9. The average Bonchev–Trinajstić information content (AvgIpc) is 3.38. The highest BCUT2D eigenvalue weighted by Crippen LogP contribution is 2.29. The van der Waals surface area contributed by atoms with Crippen molar-refractivity contribution in [2.24, 2.45) is 0 Å². The molecule has 130 valence electrons. The largest absolute Gasteiger partial charge is 0.288 e.